The Hall–Kier alpha value is -1.88. The molecular formula is C20H25NO3. The molecule has 1 aliphatic rings. The van der Waals surface area contributed by atoms with Crippen molar-refractivity contribution in [2.24, 2.45) is 0 Å². The van der Waals surface area contributed by atoms with E-state index >= 15 is 0 Å². The minimum Gasteiger partial charge on any atom is -0.508 e. The van der Waals surface area contributed by atoms with Crippen molar-refractivity contribution in [3.8, 4) is 5.75 Å². The first-order valence-electron chi connectivity index (χ1n) is 8.51. The van der Waals surface area contributed by atoms with Crippen LogP contribution in [0.15, 0.2) is 54.6 Å². The third-order valence-electron chi connectivity index (χ3n) is 5.07. The minimum absolute atomic E-state index is 0.0369. The summed E-state index contributed by atoms with van der Waals surface area (Å²) in [5.41, 5.74) is 1.30. The summed E-state index contributed by atoms with van der Waals surface area (Å²) in [6.07, 6.45) is 2.08. The van der Waals surface area contributed by atoms with Gasteiger partial charge in [-0.05, 0) is 42.5 Å². The molecule has 0 radical (unpaired) electrons. The molecule has 0 saturated carbocycles. The number of piperidine rings is 1. The summed E-state index contributed by atoms with van der Waals surface area (Å²) in [5.74, 6) is 0.255. The summed E-state index contributed by atoms with van der Waals surface area (Å²) in [6.45, 7) is 1.61. The number of nitrogens with zero attached hydrogens (tertiary/aromatic N) is 1. The second-order valence-corrected chi connectivity index (χ2v) is 6.64. The molecule has 24 heavy (non-hydrogen) atoms. The van der Waals surface area contributed by atoms with Gasteiger partial charge >= 0.3 is 0 Å². The lowest BCUT2D eigenvalue weighted by molar-refractivity contribution is -0.0411. The van der Waals surface area contributed by atoms with Gasteiger partial charge in [-0.25, -0.2) is 0 Å². The normalized spacial score (nSPS) is 19.1. The van der Waals surface area contributed by atoms with Gasteiger partial charge < -0.3 is 15.3 Å². The van der Waals surface area contributed by atoms with Crippen molar-refractivity contribution in [1.29, 1.82) is 0 Å². The number of phenolic OH excluding ortho intramolecular Hbond substituents is 1. The van der Waals surface area contributed by atoms with Crippen LogP contribution in [0.4, 0.5) is 0 Å². The van der Waals surface area contributed by atoms with Gasteiger partial charge in [-0.3, -0.25) is 4.90 Å². The zero-order valence-corrected chi connectivity index (χ0v) is 13.8. The van der Waals surface area contributed by atoms with E-state index in [1.807, 2.05) is 42.5 Å². The summed E-state index contributed by atoms with van der Waals surface area (Å²) in [5, 5.41) is 30.1. The summed E-state index contributed by atoms with van der Waals surface area (Å²) >= 11 is 0. The minimum atomic E-state index is -0.768. The Bertz CT molecular complexity index is 634. The lowest BCUT2D eigenvalue weighted by Gasteiger charge is -2.41. The van der Waals surface area contributed by atoms with Gasteiger partial charge in [-0.2, -0.15) is 0 Å². The van der Waals surface area contributed by atoms with Crippen molar-refractivity contribution in [2.75, 3.05) is 19.7 Å². The van der Waals surface area contributed by atoms with Gasteiger partial charge in [0.2, 0.25) is 0 Å². The fourth-order valence-electron chi connectivity index (χ4n) is 3.51. The second kappa shape index (κ2) is 7.34. The van der Waals surface area contributed by atoms with Crippen molar-refractivity contribution in [3.05, 3.63) is 65.7 Å². The Morgan fingerprint density at radius 2 is 1.58 bits per heavy atom. The smallest absolute Gasteiger partial charge is 0.115 e. The van der Waals surface area contributed by atoms with Crippen LogP contribution < -0.4 is 0 Å². The van der Waals surface area contributed by atoms with Gasteiger partial charge in [0.1, 0.15) is 5.75 Å². The average molecular weight is 327 g/mol. The van der Waals surface area contributed by atoms with E-state index < -0.39 is 5.60 Å². The molecule has 1 aliphatic heterocycles. The Balaban J connectivity index is 1.63. The van der Waals surface area contributed by atoms with Crippen LogP contribution >= 0.6 is 0 Å². The van der Waals surface area contributed by atoms with Crippen molar-refractivity contribution < 1.29 is 15.3 Å². The number of phenols is 1. The summed E-state index contributed by atoms with van der Waals surface area (Å²) in [7, 11) is 0. The van der Waals surface area contributed by atoms with Crippen LogP contribution in [0.5, 0.6) is 5.75 Å². The van der Waals surface area contributed by atoms with Crippen LogP contribution in [0.2, 0.25) is 0 Å². The molecule has 1 heterocycles. The monoisotopic (exact) mass is 327 g/mol. The third-order valence-corrected chi connectivity index (χ3v) is 5.07. The van der Waals surface area contributed by atoms with Crippen LogP contribution in [0.25, 0.3) is 0 Å². The SMILES string of the molecule is OC[C@H](Cc1ccc(O)cc1)N1CCC(O)(c2ccccc2)CC1. The summed E-state index contributed by atoms with van der Waals surface area (Å²) in [6, 6.07) is 17.0. The van der Waals surface area contributed by atoms with Crippen LogP contribution in [-0.2, 0) is 12.0 Å². The maximum absolute atomic E-state index is 10.9. The number of aliphatic hydroxyl groups is 2. The van der Waals surface area contributed by atoms with E-state index in [1.165, 1.54) is 0 Å². The Morgan fingerprint density at radius 1 is 0.958 bits per heavy atom. The standard InChI is InChI=1S/C20H25NO3/c22-15-18(14-16-6-8-19(23)9-7-16)21-12-10-20(24,11-13-21)17-4-2-1-3-5-17/h1-9,18,22-24H,10-15H2/t18-/m0/s1. The molecule has 0 unspecified atom stereocenters. The van der Waals surface area contributed by atoms with Crippen molar-refractivity contribution >= 4 is 0 Å². The van der Waals surface area contributed by atoms with Crippen LogP contribution in [0, 0.1) is 0 Å². The lowest BCUT2D eigenvalue weighted by Crippen LogP contribution is -2.49. The Morgan fingerprint density at radius 3 is 2.17 bits per heavy atom. The van der Waals surface area contributed by atoms with Crippen LogP contribution in [-0.4, -0.2) is 46.0 Å². The highest BCUT2D eigenvalue weighted by Gasteiger charge is 2.35. The molecule has 0 spiro atoms. The number of likely N-dealkylation sites (tertiary alicyclic amines) is 1. The first-order valence-corrected chi connectivity index (χ1v) is 8.51. The van der Waals surface area contributed by atoms with E-state index in [1.54, 1.807) is 12.1 Å². The Labute approximate surface area is 143 Å². The van der Waals surface area contributed by atoms with Crippen molar-refractivity contribution in [3.63, 3.8) is 0 Å². The zero-order valence-electron chi connectivity index (χ0n) is 13.8. The highest BCUT2D eigenvalue weighted by atomic mass is 16.3. The molecule has 1 saturated heterocycles. The number of hydrogen-bond donors (Lipinski definition) is 3. The molecule has 2 aromatic carbocycles. The van der Waals surface area contributed by atoms with E-state index in [2.05, 4.69) is 4.90 Å². The summed E-state index contributed by atoms with van der Waals surface area (Å²) in [4.78, 5) is 2.25. The number of aromatic hydroxyl groups is 1. The van der Waals surface area contributed by atoms with E-state index in [0.717, 1.165) is 30.6 Å². The van der Waals surface area contributed by atoms with Gasteiger partial charge in [-0.15, -0.1) is 0 Å². The summed E-state index contributed by atoms with van der Waals surface area (Å²) < 4.78 is 0. The largest absolute Gasteiger partial charge is 0.508 e. The maximum Gasteiger partial charge on any atom is 0.115 e. The predicted octanol–water partition coefficient (Wildman–Crippen LogP) is 2.28. The lowest BCUT2D eigenvalue weighted by atomic mass is 9.84. The molecule has 4 heteroatoms. The molecule has 0 amide bonds. The van der Waals surface area contributed by atoms with E-state index in [0.29, 0.717) is 12.8 Å². The van der Waals surface area contributed by atoms with Crippen LogP contribution in [0.3, 0.4) is 0 Å². The second-order valence-electron chi connectivity index (χ2n) is 6.64. The molecule has 0 bridgehead atoms. The van der Waals surface area contributed by atoms with E-state index in [4.69, 9.17) is 0 Å². The molecular weight excluding hydrogens is 302 g/mol. The number of aliphatic hydroxyl groups excluding tert-OH is 1. The fourth-order valence-corrected chi connectivity index (χ4v) is 3.51. The highest BCUT2D eigenvalue weighted by Crippen LogP contribution is 2.33. The van der Waals surface area contributed by atoms with Gasteiger partial charge in [0.05, 0.1) is 12.2 Å². The molecule has 2 aromatic rings. The molecule has 1 fully saturated rings. The van der Waals surface area contributed by atoms with Gasteiger partial charge in [0.25, 0.3) is 0 Å². The first kappa shape index (κ1) is 17.0. The maximum atomic E-state index is 10.9. The molecule has 0 aliphatic carbocycles. The third kappa shape index (κ3) is 3.78. The van der Waals surface area contributed by atoms with E-state index in [-0.39, 0.29) is 18.4 Å². The molecule has 1 atom stereocenters. The molecule has 3 rings (SSSR count). The molecule has 0 aromatic heterocycles. The van der Waals surface area contributed by atoms with E-state index in [9.17, 15) is 15.3 Å². The van der Waals surface area contributed by atoms with Crippen molar-refractivity contribution in [2.45, 2.75) is 30.9 Å². The van der Waals surface area contributed by atoms with Crippen LogP contribution in [0.1, 0.15) is 24.0 Å². The van der Waals surface area contributed by atoms with Gasteiger partial charge in [0, 0.05) is 19.1 Å². The zero-order chi connectivity index (χ0) is 17.0. The fraction of sp³-hybridized carbons (Fsp3) is 0.400. The number of rotatable bonds is 5. The Kier molecular flexibility index (Phi) is 5.19. The topological polar surface area (TPSA) is 63.9 Å². The quantitative estimate of drug-likeness (QED) is 0.788. The molecule has 4 nitrogen and oxygen atoms in total. The number of benzene rings is 2. The number of hydrogen-bond acceptors (Lipinski definition) is 4. The highest BCUT2D eigenvalue weighted by molar-refractivity contribution is 5.27. The molecule has 128 valence electrons. The van der Waals surface area contributed by atoms with Gasteiger partial charge in [-0.1, -0.05) is 42.5 Å². The van der Waals surface area contributed by atoms with Gasteiger partial charge in [0.15, 0.2) is 0 Å². The average Bonchev–Trinajstić information content (AvgIpc) is 2.63. The predicted molar refractivity (Wildman–Crippen MR) is 93.8 cm³/mol. The van der Waals surface area contributed by atoms with Crippen molar-refractivity contribution in [1.82, 2.24) is 4.90 Å². The first-order chi connectivity index (χ1) is 11.6. The molecule has 3 N–H and O–H groups in total.